The van der Waals surface area contributed by atoms with Gasteiger partial charge in [0.2, 0.25) is 0 Å². The second-order valence-corrected chi connectivity index (χ2v) is 6.51. The maximum atomic E-state index is 10.9. The van der Waals surface area contributed by atoms with Crippen molar-refractivity contribution in [1.29, 1.82) is 0 Å². The van der Waals surface area contributed by atoms with Gasteiger partial charge in [-0.2, -0.15) is 10.2 Å². The molecule has 0 spiro atoms. The SMILES string of the molecule is NC(=O)NN=C1C[C@@H]2[C@@H]3CC(=NNC(N)=O)[C@H]4[C@H]3C[C@H]2[C@H]14. The summed E-state index contributed by atoms with van der Waals surface area (Å²) in [4.78, 5) is 21.7. The monoisotopic (exact) mass is 290 g/mol. The molecule has 0 radical (unpaired) electrons. The van der Waals surface area contributed by atoms with E-state index in [0.29, 0.717) is 35.5 Å². The van der Waals surface area contributed by atoms with E-state index in [4.69, 9.17) is 11.5 Å². The molecule has 0 unspecified atom stereocenters. The van der Waals surface area contributed by atoms with Crippen molar-refractivity contribution in [2.75, 3.05) is 0 Å². The van der Waals surface area contributed by atoms with Crippen LogP contribution in [0.4, 0.5) is 9.59 Å². The van der Waals surface area contributed by atoms with E-state index < -0.39 is 12.1 Å². The summed E-state index contributed by atoms with van der Waals surface area (Å²) < 4.78 is 0. The quantitative estimate of drug-likeness (QED) is 0.531. The molecule has 0 aromatic heterocycles. The van der Waals surface area contributed by atoms with Gasteiger partial charge < -0.3 is 11.5 Å². The van der Waals surface area contributed by atoms with E-state index in [9.17, 15) is 9.59 Å². The van der Waals surface area contributed by atoms with Crippen LogP contribution in [0.2, 0.25) is 0 Å². The highest BCUT2D eigenvalue weighted by Crippen LogP contribution is 2.68. The van der Waals surface area contributed by atoms with E-state index in [1.807, 2.05) is 0 Å². The first-order valence-corrected chi connectivity index (χ1v) is 7.30. The van der Waals surface area contributed by atoms with Crippen molar-refractivity contribution in [2.45, 2.75) is 19.3 Å². The van der Waals surface area contributed by atoms with Crippen LogP contribution in [0.25, 0.3) is 0 Å². The van der Waals surface area contributed by atoms with Gasteiger partial charge in [-0.05, 0) is 42.9 Å². The lowest BCUT2D eigenvalue weighted by molar-refractivity contribution is 0.241. The van der Waals surface area contributed by atoms with Gasteiger partial charge in [-0.25, -0.2) is 20.4 Å². The van der Waals surface area contributed by atoms with Gasteiger partial charge in [0, 0.05) is 23.3 Å². The Kier molecular flexibility index (Phi) is 2.51. The van der Waals surface area contributed by atoms with Gasteiger partial charge in [-0.1, -0.05) is 0 Å². The topological polar surface area (TPSA) is 135 Å². The zero-order chi connectivity index (χ0) is 14.7. The third-order valence-corrected chi connectivity index (χ3v) is 5.78. The number of nitrogens with two attached hydrogens (primary N) is 2. The molecule has 2 bridgehead atoms. The van der Waals surface area contributed by atoms with Gasteiger partial charge in [0.05, 0.1) is 0 Å². The van der Waals surface area contributed by atoms with Crippen molar-refractivity contribution in [2.24, 2.45) is 57.2 Å². The number of nitrogens with zero attached hydrogens (tertiary/aromatic N) is 2. The molecule has 0 aromatic rings. The molecule has 8 heteroatoms. The van der Waals surface area contributed by atoms with Crippen molar-refractivity contribution in [3.8, 4) is 0 Å². The minimum Gasteiger partial charge on any atom is -0.350 e. The number of urea groups is 2. The summed E-state index contributed by atoms with van der Waals surface area (Å²) in [7, 11) is 0. The van der Waals surface area contributed by atoms with Gasteiger partial charge in [0.1, 0.15) is 0 Å². The zero-order valence-corrected chi connectivity index (χ0v) is 11.5. The summed E-state index contributed by atoms with van der Waals surface area (Å²) in [6, 6.07) is -1.27. The van der Waals surface area contributed by atoms with Crippen molar-refractivity contribution >= 4 is 23.5 Å². The molecule has 0 saturated heterocycles. The first-order valence-electron chi connectivity index (χ1n) is 7.30. The van der Waals surface area contributed by atoms with Gasteiger partial charge >= 0.3 is 12.1 Å². The second kappa shape index (κ2) is 4.19. The highest BCUT2D eigenvalue weighted by Gasteiger charge is 2.67. The van der Waals surface area contributed by atoms with Crippen LogP contribution in [0.3, 0.4) is 0 Å². The summed E-state index contributed by atoms with van der Waals surface area (Å²) in [6.45, 7) is 0. The molecule has 4 saturated carbocycles. The predicted molar refractivity (Wildman–Crippen MR) is 75.1 cm³/mol. The number of hydrazone groups is 2. The van der Waals surface area contributed by atoms with Crippen LogP contribution in [0.15, 0.2) is 10.2 Å². The van der Waals surface area contributed by atoms with Crippen LogP contribution in [0, 0.1) is 35.5 Å². The van der Waals surface area contributed by atoms with E-state index in [-0.39, 0.29) is 0 Å². The lowest BCUT2D eigenvalue weighted by atomic mass is 9.79. The number of hydrogen-bond donors (Lipinski definition) is 4. The number of carbonyl (C=O) groups is 2. The standard InChI is InChI=1S/C13H18N6O2/c14-12(20)18-16-8-2-4-5-3-9(17-19-13(15)21)11-7(5)1-6(4)10(8)11/h4-7,10-11H,1-3H2,(H3,14,18,20)(H3,15,19,21)/t4-,5+,6-,7+,10-,11-/m1/s1. The summed E-state index contributed by atoms with van der Waals surface area (Å²) in [5, 5.41) is 8.43. The van der Waals surface area contributed by atoms with Gasteiger partial charge in [0.15, 0.2) is 0 Å². The van der Waals surface area contributed by atoms with E-state index >= 15 is 0 Å². The molecule has 21 heavy (non-hydrogen) atoms. The number of hydrogen-bond acceptors (Lipinski definition) is 4. The lowest BCUT2D eigenvalue weighted by Gasteiger charge is -2.24. The Bertz CT molecular complexity index is 531. The number of nitrogens with one attached hydrogen (secondary N) is 2. The molecule has 4 aliphatic carbocycles. The third-order valence-electron chi connectivity index (χ3n) is 5.78. The van der Waals surface area contributed by atoms with Crippen LogP contribution >= 0.6 is 0 Å². The minimum absolute atomic E-state index is 0.332. The Balaban J connectivity index is 1.63. The molecular weight excluding hydrogens is 272 g/mol. The van der Waals surface area contributed by atoms with E-state index in [1.165, 1.54) is 6.42 Å². The minimum atomic E-state index is -0.634. The van der Waals surface area contributed by atoms with Crippen molar-refractivity contribution in [3.05, 3.63) is 0 Å². The van der Waals surface area contributed by atoms with Crippen LogP contribution < -0.4 is 22.3 Å². The molecule has 4 aliphatic rings. The molecule has 0 heterocycles. The molecule has 8 nitrogen and oxygen atoms in total. The van der Waals surface area contributed by atoms with Crippen molar-refractivity contribution in [3.63, 3.8) is 0 Å². The van der Waals surface area contributed by atoms with Gasteiger partial charge in [-0.3, -0.25) is 0 Å². The van der Waals surface area contributed by atoms with Crippen LogP contribution in [0.1, 0.15) is 19.3 Å². The number of fused-ring (bicyclic) bond motifs is 2. The fourth-order valence-corrected chi connectivity index (χ4v) is 5.42. The normalized spacial score (nSPS) is 45.5. The fourth-order valence-electron chi connectivity index (χ4n) is 5.42. The Hall–Kier alpha value is -2.12. The fraction of sp³-hybridized carbons (Fsp3) is 0.692. The van der Waals surface area contributed by atoms with Crippen molar-refractivity contribution in [1.82, 2.24) is 10.9 Å². The van der Waals surface area contributed by atoms with E-state index in [0.717, 1.165) is 24.3 Å². The highest BCUT2D eigenvalue weighted by atomic mass is 16.2. The van der Waals surface area contributed by atoms with Gasteiger partial charge in [0.25, 0.3) is 0 Å². The number of amides is 4. The predicted octanol–water partition coefficient (Wildman–Crippen LogP) is -0.0431. The highest BCUT2D eigenvalue weighted by molar-refractivity contribution is 6.01. The second-order valence-electron chi connectivity index (χ2n) is 6.51. The molecule has 0 aromatic carbocycles. The molecular formula is C13H18N6O2. The largest absolute Gasteiger partial charge is 0.350 e. The Morgan fingerprint density at radius 1 is 0.857 bits per heavy atom. The first kappa shape index (κ1) is 12.6. The zero-order valence-electron chi connectivity index (χ0n) is 11.5. The Morgan fingerprint density at radius 3 is 1.67 bits per heavy atom. The van der Waals surface area contributed by atoms with E-state index in [1.54, 1.807) is 0 Å². The number of rotatable bonds is 2. The summed E-state index contributed by atoms with van der Waals surface area (Å²) >= 11 is 0. The molecule has 112 valence electrons. The molecule has 0 aliphatic heterocycles. The molecule has 6 N–H and O–H groups in total. The number of primary amides is 2. The van der Waals surface area contributed by atoms with Crippen LogP contribution in [-0.4, -0.2) is 23.5 Å². The average molecular weight is 290 g/mol. The first-order chi connectivity index (χ1) is 10.1. The smallest absolute Gasteiger partial charge is 0.332 e. The maximum absolute atomic E-state index is 10.9. The van der Waals surface area contributed by atoms with Crippen molar-refractivity contribution < 1.29 is 9.59 Å². The summed E-state index contributed by atoms with van der Waals surface area (Å²) in [5.41, 5.74) is 17.0. The molecule has 4 amide bonds. The van der Waals surface area contributed by atoms with Crippen LogP contribution in [0.5, 0.6) is 0 Å². The molecule has 4 fully saturated rings. The summed E-state index contributed by atoms with van der Waals surface area (Å²) in [6.07, 6.45) is 3.10. The maximum Gasteiger partial charge on any atom is 0.332 e. The average Bonchev–Trinajstić information content (AvgIpc) is 3.03. The Labute approximate surface area is 121 Å². The summed E-state index contributed by atoms with van der Waals surface area (Å²) in [5.74, 6) is 3.20. The van der Waals surface area contributed by atoms with E-state index in [2.05, 4.69) is 21.1 Å². The van der Waals surface area contributed by atoms with Crippen LogP contribution in [-0.2, 0) is 0 Å². The molecule has 4 rings (SSSR count). The third kappa shape index (κ3) is 1.68. The Morgan fingerprint density at radius 2 is 1.29 bits per heavy atom. The van der Waals surface area contributed by atoms with Gasteiger partial charge in [-0.15, -0.1) is 0 Å². The lowest BCUT2D eigenvalue weighted by Crippen LogP contribution is -2.32. The molecule has 6 atom stereocenters. The number of carbonyl (C=O) groups excluding carboxylic acids is 2.